The Kier molecular flexibility index (Phi) is 11.3. The van der Waals surface area contributed by atoms with Gasteiger partial charge < -0.3 is 28.9 Å². The lowest BCUT2D eigenvalue weighted by Crippen LogP contribution is -2.52. The fourth-order valence-electron chi connectivity index (χ4n) is 8.92. The summed E-state index contributed by atoms with van der Waals surface area (Å²) in [6.45, 7) is 8.72. The van der Waals surface area contributed by atoms with Crippen LogP contribution < -0.4 is 9.64 Å². The first-order chi connectivity index (χ1) is 30.1. The van der Waals surface area contributed by atoms with Crippen LogP contribution in [0.15, 0.2) is 116 Å². The van der Waals surface area contributed by atoms with Crippen LogP contribution in [-0.2, 0) is 37.7 Å². The zero-order valence-corrected chi connectivity index (χ0v) is 35.3. The number of carbonyl (C=O) groups is 3. The molecule has 5 heterocycles. The van der Waals surface area contributed by atoms with Gasteiger partial charge in [-0.3, -0.25) is 24.4 Å². The standard InChI is InChI=1S/C50H50N6O6/c1-33-8-14-43(15-9-33)62-50(60)54-21-18-36-27-45(47-29-44(34(2)52(47)3)49(59)56(40-16-19-51-20-17-40)39-10-12-42(57)13-11-39)46(28-38(36)30-54)48(58)55-31-37-7-5-4-6-35(37)26-41(55)32-53-22-24-61-25-23-53/h4-17,19-20,27-29,41,57H,18,21-26,30-32H2,1-3H3/t41-/m0/s1. The summed E-state index contributed by atoms with van der Waals surface area (Å²) in [7, 11) is 1.92. The number of nitrogens with zero attached hydrogens (tertiary/aromatic N) is 6. The van der Waals surface area contributed by atoms with E-state index in [0.29, 0.717) is 67.5 Å². The minimum absolute atomic E-state index is 0.0908. The molecule has 9 rings (SSSR count). The molecular weight excluding hydrogens is 781 g/mol. The Morgan fingerprint density at radius 1 is 0.790 bits per heavy atom. The minimum Gasteiger partial charge on any atom is -0.508 e. The van der Waals surface area contributed by atoms with Crippen LogP contribution in [0, 0.1) is 13.8 Å². The van der Waals surface area contributed by atoms with Gasteiger partial charge in [-0.1, -0.05) is 42.0 Å². The lowest BCUT2D eigenvalue weighted by atomic mass is 9.89. The molecule has 0 bridgehead atoms. The highest BCUT2D eigenvalue weighted by molar-refractivity contribution is 6.12. The van der Waals surface area contributed by atoms with Crippen molar-refractivity contribution in [2.24, 2.45) is 7.05 Å². The molecule has 0 unspecified atom stereocenters. The molecule has 2 aromatic heterocycles. The van der Waals surface area contributed by atoms with Gasteiger partial charge >= 0.3 is 6.09 Å². The highest BCUT2D eigenvalue weighted by atomic mass is 16.6. The molecular formula is C50H50N6O6. The Morgan fingerprint density at radius 3 is 2.24 bits per heavy atom. The summed E-state index contributed by atoms with van der Waals surface area (Å²) in [6, 6.07) is 31.7. The van der Waals surface area contributed by atoms with E-state index in [-0.39, 0.29) is 30.2 Å². The number of carbonyl (C=O) groups excluding carboxylic acids is 3. The first-order valence-corrected chi connectivity index (χ1v) is 21.2. The van der Waals surface area contributed by atoms with Gasteiger partial charge in [0.1, 0.15) is 11.5 Å². The Hall–Kier alpha value is -6.76. The van der Waals surface area contributed by atoms with Crippen LogP contribution in [0.3, 0.4) is 0 Å². The van der Waals surface area contributed by atoms with Gasteiger partial charge in [-0.2, -0.15) is 0 Å². The van der Waals surface area contributed by atoms with Crippen LogP contribution in [0.1, 0.15) is 54.2 Å². The summed E-state index contributed by atoms with van der Waals surface area (Å²) >= 11 is 0. The van der Waals surface area contributed by atoms with Gasteiger partial charge in [-0.05, 0) is 116 Å². The number of phenols is 1. The van der Waals surface area contributed by atoms with E-state index >= 15 is 4.79 Å². The van der Waals surface area contributed by atoms with Crippen LogP contribution in [0.5, 0.6) is 11.5 Å². The average molecular weight is 831 g/mol. The van der Waals surface area contributed by atoms with Crippen LogP contribution in [-0.4, -0.2) is 92.7 Å². The zero-order chi connectivity index (χ0) is 42.9. The molecule has 3 aliphatic heterocycles. The molecule has 12 nitrogen and oxygen atoms in total. The van der Waals surface area contributed by atoms with E-state index in [0.717, 1.165) is 58.7 Å². The number of amides is 3. The Labute approximate surface area is 361 Å². The average Bonchev–Trinajstić information content (AvgIpc) is 3.60. The Bertz CT molecular complexity index is 2620. The number of phenolic OH excluding ortho intramolecular Hbond substituents is 1. The van der Waals surface area contributed by atoms with Gasteiger partial charge in [0.2, 0.25) is 0 Å². The maximum atomic E-state index is 15.5. The van der Waals surface area contributed by atoms with E-state index in [4.69, 9.17) is 9.47 Å². The summed E-state index contributed by atoms with van der Waals surface area (Å²) in [5.41, 5.74) is 9.68. The molecule has 6 aromatic rings. The fourth-order valence-corrected chi connectivity index (χ4v) is 8.92. The van der Waals surface area contributed by atoms with Crippen LogP contribution in [0.4, 0.5) is 16.2 Å². The number of anilines is 2. The summed E-state index contributed by atoms with van der Waals surface area (Å²) in [4.78, 5) is 55.8. The van der Waals surface area contributed by atoms with E-state index < -0.39 is 6.09 Å². The second kappa shape index (κ2) is 17.3. The smallest absolute Gasteiger partial charge is 0.415 e. The second-order valence-electron chi connectivity index (χ2n) is 16.4. The molecule has 3 aliphatic rings. The number of hydrogen-bond donors (Lipinski definition) is 1. The first-order valence-electron chi connectivity index (χ1n) is 21.2. The quantitative estimate of drug-likeness (QED) is 0.165. The highest BCUT2D eigenvalue weighted by Crippen LogP contribution is 2.37. The molecule has 316 valence electrons. The molecule has 4 aromatic carbocycles. The number of aromatic hydroxyl groups is 1. The molecule has 1 fully saturated rings. The second-order valence-corrected chi connectivity index (χ2v) is 16.4. The van der Waals surface area contributed by atoms with E-state index in [9.17, 15) is 14.7 Å². The maximum Gasteiger partial charge on any atom is 0.415 e. The Morgan fingerprint density at radius 2 is 1.50 bits per heavy atom. The van der Waals surface area contributed by atoms with Crippen LogP contribution in [0.25, 0.3) is 11.3 Å². The predicted octanol–water partition coefficient (Wildman–Crippen LogP) is 7.84. The molecule has 1 N–H and O–H groups in total. The van der Waals surface area contributed by atoms with Crippen molar-refractivity contribution in [2.45, 2.75) is 45.8 Å². The van der Waals surface area contributed by atoms with Crippen molar-refractivity contribution in [1.29, 1.82) is 0 Å². The van der Waals surface area contributed by atoms with E-state index in [1.54, 1.807) is 70.7 Å². The van der Waals surface area contributed by atoms with Gasteiger partial charge in [0.05, 0.1) is 24.5 Å². The number of fused-ring (bicyclic) bond motifs is 2. The molecule has 0 saturated carbocycles. The van der Waals surface area contributed by atoms with Crippen molar-refractivity contribution in [2.75, 3.05) is 44.3 Å². The van der Waals surface area contributed by atoms with Crippen molar-refractivity contribution in [3.63, 3.8) is 0 Å². The molecule has 62 heavy (non-hydrogen) atoms. The number of pyridine rings is 1. The molecule has 12 heteroatoms. The van der Waals surface area contributed by atoms with Crippen LogP contribution in [0.2, 0.25) is 0 Å². The summed E-state index contributed by atoms with van der Waals surface area (Å²) < 4.78 is 13.5. The third-order valence-electron chi connectivity index (χ3n) is 12.5. The van der Waals surface area contributed by atoms with Crippen molar-refractivity contribution in [1.82, 2.24) is 24.3 Å². The number of hydrogen-bond acceptors (Lipinski definition) is 8. The first kappa shape index (κ1) is 40.6. The lowest BCUT2D eigenvalue weighted by Gasteiger charge is -2.41. The van der Waals surface area contributed by atoms with Crippen molar-refractivity contribution in [3.8, 4) is 22.8 Å². The van der Waals surface area contributed by atoms with Gasteiger partial charge in [-0.15, -0.1) is 0 Å². The number of aryl methyl sites for hydroxylation is 1. The summed E-state index contributed by atoms with van der Waals surface area (Å²) in [5, 5.41) is 10.1. The summed E-state index contributed by atoms with van der Waals surface area (Å²) in [6.07, 6.45) is 4.12. The Balaban J connectivity index is 1.13. The molecule has 1 atom stereocenters. The lowest BCUT2D eigenvalue weighted by molar-refractivity contribution is 0.0193. The van der Waals surface area contributed by atoms with Gasteiger partial charge in [0, 0.05) is 93.0 Å². The van der Waals surface area contributed by atoms with Crippen LogP contribution >= 0.6 is 0 Å². The van der Waals surface area contributed by atoms with E-state index in [1.807, 2.05) is 60.7 Å². The van der Waals surface area contributed by atoms with E-state index in [1.165, 1.54) is 5.56 Å². The topological polar surface area (TPSA) is 121 Å². The predicted molar refractivity (Wildman–Crippen MR) is 237 cm³/mol. The third-order valence-corrected chi connectivity index (χ3v) is 12.5. The largest absolute Gasteiger partial charge is 0.508 e. The number of morpholine rings is 1. The zero-order valence-electron chi connectivity index (χ0n) is 35.3. The molecule has 1 saturated heterocycles. The van der Waals surface area contributed by atoms with Crippen molar-refractivity contribution >= 4 is 29.3 Å². The van der Waals surface area contributed by atoms with Gasteiger partial charge in [0.15, 0.2) is 0 Å². The number of aromatic nitrogens is 2. The SMILES string of the molecule is Cc1ccc(OC(=O)N2CCc3cc(-c4cc(C(=O)N(c5ccncc5)c5ccc(O)cc5)c(C)n4C)c(C(=O)N4Cc5ccccc5C[C@H]4CN4CCOCC4)cc3C2)cc1. The van der Waals surface area contributed by atoms with E-state index in [2.05, 4.69) is 34.1 Å². The fraction of sp³-hybridized carbons (Fsp3) is 0.280. The third kappa shape index (κ3) is 8.18. The molecule has 3 amide bonds. The monoisotopic (exact) mass is 830 g/mol. The maximum absolute atomic E-state index is 15.5. The normalized spacial score (nSPS) is 16.3. The highest BCUT2D eigenvalue weighted by Gasteiger charge is 2.35. The van der Waals surface area contributed by atoms with Crippen molar-refractivity contribution in [3.05, 3.63) is 160 Å². The van der Waals surface area contributed by atoms with Gasteiger partial charge in [-0.25, -0.2) is 4.79 Å². The molecule has 0 radical (unpaired) electrons. The van der Waals surface area contributed by atoms with Crippen molar-refractivity contribution < 1.29 is 29.0 Å². The van der Waals surface area contributed by atoms with Gasteiger partial charge in [0.25, 0.3) is 11.8 Å². The number of rotatable bonds is 8. The molecule has 0 spiro atoms. The molecule has 0 aliphatic carbocycles. The number of ether oxygens (including phenoxy) is 2. The number of benzene rings is 4. The minimum atomic E-state index is -0.441. The summed E-state index contributed by atoms with van der Waals surface area (Å²) in [5.74, 6) is 0.193.